The Labute approximate surface area is 181 Å². The van der Waals surface area contributed by atoms with Crippen molar-refractivity contribution in [2.24, 2.45) is 0 Å². The zero-order valence-electron chi connectivity index (χ0n) is 16.6. The van der Waals surface area contributed by atoms with Gasteiger partial charge in [0.25, 0.3) is 5.56 Å². The van der Waals surface area contributed by atoms with E-state index in [2.05, 4.69) is 15.0 Å². The molecular formula is C19H21Cl2N5O4. The van der Waals surface area contributed by atoms with Gasteiger partial charge in [0.15, 0.2) is 11.2 Å². The number of carbonyl (C=O) groups is 1. The van der Waals surface area contributed by atoms with Crippen LogP contribution in [0.25, 0.3) is 11.2 Å². The van der Waals surface area contributed by atoms with Gasteiger partial charge in [0.05, 0.1) is 10.6 Å². The van der Waals surface area contributed by atoms with Crippen LogP contribution in [0.5, 0.6) is 0 Å². The summed E-state index contributed by atoms with van der Waals surface area (Å²) in [6.45, 7) is 4.68. The van der Waals surface area contributed by atoms with Crippen LogP contribution >= 0.6 is 23.2 Å². The van der Waals surface area contributed by atoms with Crippen LogP contribution in [0.3, 0.4) is 0 Å². The molecule has 3 aromatic heterocycles. The van der Waals surface area contributed by atoms with Gasteiger partial charge in [-0.2, -0.15) is 0 Å². The highest BCUT2D eigenvalue weighted by molar-refractivity contribution is 6.41. The number of carbonyl (C=O) groups excluding carboxylic acids is 1. The lowest BCUT2D eigenvalue weighted by Gasteiger charge is -2.08. The fourth-order valence-electron chi connectivity index (χ4n) is 3.06. The number of hydrogen-bond donors (Lipinski definition) is 1. The maximum atomic E-state index is 12.5. The maximum Gasteiger partial charge on any atom is 0.340 e. The molecule has 9 nitrogen and oxygen atoms in total. The van der Waals surface area contributed by atoms with E-state index in [1.165, 1.54) is 16.8 Å². The SMILES string of the molecule is CCCCn1c(=O)[nH]c(=O)c2c1nc(COC(=O)c1cnc(Cl)c(Cl)c1)n2CCC. The molecule has 0 aliphatic carbocycles. The molecule has 160 valence electrons. The van der Waals surface area contributed by atoms with Crippen molar-refractivity contribution >= 4 is 40.3 Å². The summed E-state index contributed by atoms with van der Waals surface area (Å²) in [4.78, 5) is 47.8. The van der Waals surface area contributed by atoms with Crippen LogP contribution < -0.4 is 11.2 Å². The van der Waals surface area contributed by atoms with Crippen LogP contribution in [-0.2, 0) is 24.4 Å². The van der Waals surface area contributed by atoms with Gasteiger partial charge in [-0.25, -0.2) is 19.6 Å². The normalized spacial score (nSPS) is 11.2. The van der Waals surface area contributed by atoms with Gasteiger partial charge in [-0.3, -0.25) is 14.3 Å². The van der Waals surface area contributed by atoms with Crippen LogP contribution in [0.2, 0.25) is 10.2 Å². The third-order valence-electron chi connectivity index (χ3n) is 4.51. The average molecular weight is 454 g/mol. The molecular weight excluding hydrogens is 433 g/mol. The number of fused-ring (bicyclic) bond motifs is 1. The molecule has 3 rings (SSSR count). The molecule has 0 bridgehead atoms. The molecule has 0 spiro atoms. The fourth-order valence-corrected chi connectivity index (χ4v) is 3.33. The molecule has 0 aromatic carbocycles. The summed E-state index contributed by atoms with van der Waals surface area (Å²) in [5, 5.41) is 0.220. The number of nitrogens with zero attached hydrogens (tertiary/aromatic N) is 4. The first-order chi connectivity index (χ1) is 14.4. The number of unbranched alkanes of at least 4 members (excludes halogenated alkanes) is 1. The topological polar surface area (TPSA) is 112 Å². The fraction of sp³-hybridized carbons (Fsp3) is 0.421. The van der Waals surface area contributed by atoms with Crippen LogP contribution in [0.15, 0.2) is 21.9 Å². The van der Waals surface area contributed by atoms with Crippen molar-refractivity contribution in [2.75, 3.05) is 0 Å². The van der Waals surface area contributed by atoms with Gasteiger partial charge in [0, 0.05) is 19.3 Å². The minimum Gasteiger partial charge on any atom is -0.454 e. The first-order valence-corrected chi connectivity index (χ1v) is 10.3. The van der Waals surface area contributed by atoms with Crippen molar-refractivity contribution in [3.05, 3.63) is 54.7 Å². The summed E-state index contributed by atoms with van der Waals surface area (Å²) in [6.07, 6.45) is 3.62. The summed E-state index contributed by atoms with van der Waals surface area (Å²) < 4.78 is 8.48. The number of pyridine rings is 1. The monoisotopic (exact) mass is 453 g/mol. The Kier molecular flexibility index (Phi) is 6.94. The molecule has 0 atom stereocenters. The Morgan fingerprint density at radius 1 is 1.17 bits per heavy atom. The van der Waals surface area contributed by atoms with Gasteiger partial charge < -0.3 is 9.30 Å². The second-order valence-electron chi connectivity index (χ2n) is 6.69. The summed E-state index contributed by atoms with van der Waals surface area (Å²) in [7, 11) is 0. The largest absolute Gasteiger partial charge is 0.454 e. The van der Waals surface area contributed by atoms with E-state index in [1.807, 2.05) is 13.8 Å². The Bertz CT molecular complexity index is 1200. The third kappa shape index (κ3) is 4.41. The second kappa shape index (κ2) is 9.44. The molecule has 0 aliphatic heterocycles. The first kappa shape index (κ1) is 22.0. The number of rotatable bonds is 8. The van der Waals surface area contributed by atoms with Gasteiger partial charge in [0.2, 0.25) is 0 Å². The smallest absolute Gasteiger partial charge is 0.340 e. The number of H-pyrrole nitrogens is 1. The summed E-state index contributed by atoms with van der Waals surface area (Å²) >= 11 is 11.7. The van der Waals surface area contributed by atoms with Gasteiger partial charge in [-0.15, -0.1) is 0 Å². The standard InChI is InChI=1S/C19H21Cl2N5O4/c1-3-5-7-26-16-14(17(27)24-19(26)29)25(6-4-2)13(23-16)10-30-18(28)11-8-12(20)15(21)22-9-11/h8-9H,3-7,10H2,1-2H3,(H,24,27,29). The molecule has 0 radical (unpaired) electrons. The predicted molar refractivity (Wildman–Crippen MR) is 113 cm³/mol. The van der Waals surface area contributed by atoms with E-state index in [-0.39, 0.29) is 33.5 Å². The summed E-state index contributed by atoms with van der Waals surface area (Å²) in [5.74, 6) is -0.289. The molecule has 30 heavy (non-hydrogen) atoms. The lowest BCUT2D eigenvalue weighted by Crippen LogP contribution is -2.31. The first-order valence-electron chi connectivity index (χ1n) is 9.57. The van der Waals surface area contributed by atoms with Gasteiger partial charge >= 0.3 is 11.7 Å². The van der Waals surface area contributed by atoms with Crippen LogP contribution in [0, 0.1) is 0 Å². The van der Waals surface area contributed by atoms with E-state index in [4.69, 9.17) is 27.9 Å². The number of ether oxygens (including phenoxy) is 1. The molecule has 0 unspecified atom stereocenters. The Morgan fingerprint density at radius 3 is 2.60 bits per heavy atom. The van der Waals surface area contributed by atoms with Crippen LogP contribution in [-0.4, -0.2) is 30.1 Å². The Hall–Kier alpha value is -2.65. The number of esters is 1. The Balaban J connectivity index is 1.98. The number of aryl methyl sites for hydroxylation is 2. The third-order valence-corrected chi connectivity index (χ3v) is 5.20. The van der Waals surface area contributed by atoms with E-state index >= 15 is 0 Å². The number of aromatic amines is 1. The van der Waals surface area contributed by atoms with Crippen molar-refractivity contribution in [1.82, 2.24) is 24.1 Å². The Morgan fingerprint density at radius 2 is 1.93 bits per heavy atom. The van der Waals surface area contributed by atoms with Crippen LogP contribution in [0.4, 0.5) is 0 Å². The van der Waals surface area contributed by atoms with Crippen molar-refractivity contribution in [1.29, 1.82) is 0 Å². The number of halogens is 2. The molecule has 3 aromatic rings. The van der Waals surface area contributed by atoms with Crippen molar-refractivity contribution in [2.45, 2.75) is 52.8 Å². The molecule has 3 heterocycles. The van der Waals surface area contributed by atoms with Crippen molar-refractivity contribution < 1.29 is 9.53 Å². The van der Waals surface area contributed by atoms with E-state index in [0.29, 0.717) is 18.9 Å². The van der Waals surface area contributed by atoms with Crippen molar-refractivity contribution in [3.63, 3.8) is 0 Å². The average Bonchev–Trinajstić information content (AvgIpc) is 3.07. The molecule has 0 amide bonds. The van der Waals surface area contributed by atoms with Gasteiger partial charge in [-0.1, -0.05) is 43.5 Å². The minimum atomic E-state index is -0.659. The number of nitrogens with one attached hydrogen (secondary N) is 1. The highest BCUT2D eigenvalue weighted by atomic mass is 35.5. The van der Waals surface area contributed by atoms with Crippen molar-refractivity contribution in [3.8, 4) is 0 Å². The van der Waals surface area contributed by atoms with E-state index in [9.17, 15) is 14.4 Å². The highest BCUT2D eigenvalue weighted by Gasteiger charge is 2.20. The van der Waals surface area contributed by atoms with Gasteiger partial charge in [0.1, 0.15) is 17.6 Å². The lowest BCUT2D eigenvalue weighted by molar-refractivity contribution is 0.0458. The molecule has 0 aliphatic rings. The molecule has 0 saturated carbocycles. The predicted octanol–water partition coefficient (Wildman–Crippen LogP) is 3.16. The molecule has 0 fully saturated rings. The number of hydrogen-bond acceptors (Lipinski definition) is 6. The quantitative estimate of drug-likeness (QED) is 0.414. The molecule has 11 heteroatoms. The van der Waals surface area contributed by atoms with Crippen LogP contribution in [0.1, 0.15) is 49.3 Å². The summed E-state index contributed by atoms with van der Waals surface area (Å²) in [6, 6.07) is 1.36. The second-order valence-corrected chi connectivity index (χ2v) is 7.45. The zero-order chi connectivity index (χ0) is 21.8. The summed E-state index contributed by atoms with van der Waals surface area (Å²) in [5.41, 5.74) is -0.314. The van der Waals surface area contributed by atoms with Gasteiger partial charge in [-0.05, 0) is 18.9 Å². The van der Waals surface area contributed by atoms with E-state index < -0.39 is 17.2 Å². The molecule has 1 N–H and O–H groups in total. The van der Waals surface area contributed by atoms with E-state index in [1.54, 1.807) is 4.57 Å². The number of imidazole rings is 1. The minimum absolute atomic E-state index is 0.0854. The van der Waals surface area contributed by atoms with E-state index in [0.717, 1.165) is 19.3 Å². The zero-order valence-corrected chi connectivity index (χ0v) is 18.1. The maximum absolute atomic E-state index is 12.5. The molecule has 0 saturated heterocycles. The number of aromatic nitrogens is 5. The highest BCUT2D eigenvalue weighted by Crippen LogP contribution is 2.20. The lowest BCUT2D eigenvalue weighted by atomic mass is 10.3.